The van der Waals surface area contributed by atoms with E-state index in [1.54, 1.807) is 6.07 Å². The molecule has 1 fully saturated rings. The van der Waals surface area contributed by atoms with Gasteiger partial charge in [0.15, 0.2) is 0 Å². The first-order valence-electron chi connectivity index (χ1n) is 7.82. The molecular formula is C17H25BrFN. The highest BCUT2D eigenvalue weighted by molar-refractivity contribution is 9.10. The van der Waals surface area contributed by atoms with Crippen molar-refractivity contribution in [2.24, 2.45) is 5.92 Å². The van der Waals surface area contributed by atoms with E-state index in [0.717, 1.165) is 12.3 Å². The zero-order valence-electron chi connectivity index (χ0n) is 12.3. The minimum atomic E-state index is -0.180. The largest absolute Gasteiger partial charge is 0.316 e. The Balaban J connectivity index is 2.00. The molecule has 0 aromatic heterocycles. The number of benzene rings is 1. The molecule has 1 nitrogen and oxygen atoms in total. The molecule has 0 radical (unpaired) electrons. The van der Waals surface area contributed by atoms with Crippen molar-refractivity contribution in [2.75, 3.05) is 7.05 Å². The van der Waals surface area contributed by atoms with Crippen LogP contribution >= 0.6 is 15.9 Å². The Morgan fingerprint density at radius 1 is 1.20 bits per heavy atom. The minimum absolute atomic E-state index is 0.180. The van der Waals surface area contributed by atoms with Crippen molar-refractivity contribution in [2.45, 2.75) is 57.4 Å². The third-order valence-electron chi connectivity index (χ3n) is 4.53. The van der Waals surface area contributed by atoms with Crippen molar-refractivity contribution >= 4 is 15.9 Å². The van der Waals surface area contributed by atoms with Crippen LogP contribution in [0, 0.1) is 11.7 Å². The van der Waals surface area contributed by atoms with Crippen LogP contribution in [0.15, 0.2) is 22.7 Å². The normalized spacial score (nSPS) is 19.4. The summed E-state index contributed by atoms with van der Waals surface area (Å²) in [5.74, 6) is 0.574. The van der Waals surface area contributed by atoms with E-state index in [1.807, 2.05) is 12.1 Å². The molecule has 0 spiro atoms. The highest BCUT2D eigenvalue weighted by Crippen LogP contribution is 2.27. The van der Waals surface area contributed by atoms with E-state index in [2.05, 4.69) is 28.3 Å². The summed E-state index contributed by atoms with van der Waals surface area (Å²) >= 11 is 3.28. The van der Waals surface area contributed by atoms with Gasteiger partial charge in [0, 0.05) is 6.04 Å². The lowest BCUT2D eigenvalue weighted by Gasteiger charge is -2.28. The molecule has 2 rings (SSSR count). The Kier molecular flexibility index (Phi) is 6.50. The van der Waals surface area contributed by atoms with Crippen LogP contribution < -0.4 is 5.32 Å². The Morgan fingerprint density at radius 3 is 2.45 bits per heavy atom. The Hall–Kier alpha value is -0.410. The van der Waals surface area contributed by atoms with Gasteiger partial charge in [-0.25, -0.2) is 4.39 Å². The van der Waals surface area contributed by atoms with Crippen molar-refractivity contribution in [3.63, 3.8) is 0 Å². The van der Waals surface area contributed by atoms with E-state index in [4.69, 9.17) is 0 Å². The summed E-state index contributed by atoms with van der Waals surface area (Å²) in [5.41, 5.74) is 1.21. The number of nitrogens with one attached hydrogen (secondary N) is 1. The second-order valence-electron chi connectivity index (χ2n) is 5.95. The van der Waals surface area contributed by atoms with E-state index in [-0.39, 0.29) is 5.82 Å². The van der Waals surface area contributed by atoms with Crippen LogP contribution in [0.5, 0.6) is 0 Å². The predicted molar refractivity (Wildman–Crippen MR) is 86.5 cm³/mol. The van der Waals surface area contributed by atoms with Crippen LogP contribution in [0.3, 0.4) is 0 Å². The minimum Gasteiger partial charge on any atom is -0.316 e. The van der Waals surface area contributed by atoms with Gasteiger partial charge in [-0.1, -0.05) is 38.2 Å². The molecule has 0 aliphatic heterocycles. The number of hydrogen-bond donors (Lipinski definition) is 1. The van der Waals surface area contributed by atoms with Crippen LogP contribution in [0.4, 0.5) is 4.39 Å². The maximum atomic E-state index is 13.3. The van der Waals surface area contributed by atoms with E-state index < -0.39 is 0 Å². The van der Waals surface area contributed by atoms with Gasteiger partial charge in [-0.05, 0) is 65.9 Å². The maximum absolute atomic E-state index is 13.3. The first kappa shape index (κ1) is 16.0. The van der Waals surface area contributed by atoms with Crippen LogP contribution in [-0.2, 0) is 6.42 Å². The van der Waals surface area contributed by atoms with E-state index in [9.17, 15) is 4.39 Å². The molecule has 0 saturated heterocycles. The molecule has 20 heavy (non-hydrogen) atoms. The van der Waals surface area contributed by atoms with Gasteiger partial charge in [0.1, 0.15) is 5.82 Å². The van der Waals surface area contributed by atoms with Crippen molar-refractivity contribution in [1.82, 2.24) is 5.32 Å². The number of halogens is 2. The molecule has 112 valence electrons. The molecule has 1 aliphatic rings. The van der Waals surface area contributed by atoms with Crippen LogP contribution in [0.2, 0.25) is 0 Å². The van der Waals surface area contributed by atoms with Gasteiger partial charge in [0.25, 0.3) is 0 Å². The first-order chi connectivity index (χ1) is 9.70. The van der Waals surface area contributed by atoms with Crippen molar-refractivity contribution in [1.29, 1.82) is 0 Å². The summed E-state index contributed by atoms with van der Waals surface area (Å²) in [5, 5.41) is 3.49. The molecule has 1 saturated carbocycles. The third-order valence-corrected chi connectivity index (χ3v) is 5.14. The Morgan fingerprint density at radius 2 is 1.85 bits per heavy atom. The molecule has 3 heteroatoms. The molecule has 1 aromatic rings. The summed E-state index contributed by atoms with van der Waals surface area (Å²) < 4.78 is 13.9. The van der Waals surface area contributed by atoms with Crippen LogP contribution in [0.1, 0.15) is 50.5 Å². The lowest BCUT2D eigenvalue weighted by Crippen LogP contribution is -2.36. The molecule has 0 bridgehead atoms. The molecule has 1 unspecified atom stereocenters. The van der Waals surface area contributed by atoms with Crippen molar-refractivity contribution in [3.05, 3.63) is 34.1 Å². The molecule has 0 heterocycles. The standard InChI is InChI=1S/C17H25BrFN/c1-20-17(14-7-5-3-2-4-6-8-14)12-13-9-10-16(19)15(18)11-13/h9-11,14,17,20H,2-8,12H2,1H3. The quantitative estimate of drug-likeness (QED) is 0.805. The van der Waals surface area contributed by atoms with Crippen molar-refractivity contribution < 1.29 is 4.39 Å². The summed E-state index contributed by atoms with van der Waals surface area (Å²) in [6, 6.07) is 5.89. The van der Waals surface area contributed by atoms with Gasteiger partial charge in [-0.3, -0.25) is 0 Å². The fourth-order valence-electron chi connectivity index (χ4n) is 3.32. The summed E-state index contributed by atoms with van der Waals surface area (Å²) in [6.45, 7) is 0. The second kappa shape index (κ2) is 8.14. The van der Waals surface area contributed by atoms with Gasteiger partial charge >= 0.3 is 0 Å². The second-order valence-corrected chi connectivity index (χ2v) is 6.81. The Bertz CT molecular complexity index is 413. The lowest BCUT2D eigenvalue weighted by atomic mass is 9.83. The molecule has 1 atom stereocenters. The fourth-order valence-corrected chi connectivity index (χ4v) is 3.74. The zero-order chi connectivity index (χ0) is 14.4. The van der Waals surface area contributed by atoms with Gasteiger partial charge in [-0.15, -0.1) is 0 Å². The molecule has 1 N–H and O–H groups in total. The SMILES string of the molecule is CNC(Cc1ccc(F)c(Br)c1)C1CCCCCCC1. The van der Waals surface area contributed by atoms with Gasteiger partial charge in [0.05, 0.1) is 4.47 Å². The van der Waals surface area contributed by atoms with Gasteiger partial charge in [-0.2, -0.15) is 0 Å². The lowest BCUT2D eigenvalue weighted by molar-refractivity contribution is 0.293. The highest BCUT2D eigenvalue weighted by atomic mass is 79.9. The van der Waals surface area contributed by atoms with Gasteiger partial charge in [0.2, 0.25) is 0 Å². The zero-order valence-corrected chi connectivity index (χ0v) is 13.9. The van der Waals surface area contributed by atoms with Crippen molar-refractivity contribution in [3.8, 4) is 0 Å². The smallest absolute Gasteiger partial charge is 0.137 e. The third kappa shape index (κ3) is 4.56. The average Bonchev–Trinajstić information content (AvgIpc) is 2.40. The van der Waals surface area contributed by atoms with Gasteiger partial charge < -0.3 is 5.32 Å². The predicted octanol–water partition coefficient (Wildman–Crippen LogP) is 5.08. The number of likely N-dealkylation sites (N-methyl/N-ethyl adjacent to an activating group) is 1. The maximum Gasteiger partial charge on any atom is 0.137 e. The van der Waals surface area contributed by atoms with E-state index in [0.29, 0.717) is 10.5 Å². The van der Waals surface area contributed by atoms with Crippen LogP contribution in [-0.4, -0.2) is 13.1 Å². The topological polar surface area (TPSA) is 12.0 Å². The molecule has 0 amide bonds. The summed E-state index contributed by atoms with van der Waals surface area (Å²) in [4.78, 5) is 0. The first-order valence-corrected chi connectivity index (χ1v) is 8.61. The summed E-state index contributed by atoms with van der Waals surface area (Å²) in [6.07, 6.45) is 10.5. The Labute approximate surface area is 130 Å². The molecule has 1 aromatic carbocycles. The monoisotopic (exact) mass is 341 g/mol. The molecule has 1 aliphatic carbocycles. The summed E-state index contributed by atoms with van der Waals surface area (Å²) in [7, 11) is 2.06. The van der Waals surface area contributed by atoms with E-state index >= 15 is 0 Å². The van der Waals surface area contributed by atoms with E-state index in [1.165, 1.54) is 50.5 Å². The number of hydrogen-bond acceptors (Lipinski definition) is 1. The molecular weight excluding hydrogens is 317 g/mol. The number of rotatable bonds is 4. The fraction of sp³-hybridized carbons (Fsp3) is 0.647. The highest BCUT2D eigenvalue weighted by Gasteiger charge is 2.21. The average molecular weight is 342 g/mol. The van der Waals surface area contributed by atoms with Crippen LogP contribution in [0.25, 0.3) is 0 Å².